The third kappa shape index (κ3) is 8.92. The van der Waals surface area contributed by atoms with E-state index in [1.165, 1.54) is 40.0 Å². The van der Waals surface area contributed by atoms with E-state index in [-0.39, 0.29) is 55.8 Å². The molecule has 16 heteroatoms. The number of rotatable bonds is 8. The van der Waals surface area contributed by atoms with Gasteiger partial charge >= 0.3 is 11.9 Å². The van der Waals surface area contributed by atoms with Crippen molar-refractivity contribution in [3.8, 4) is 17.3 Å². The molecule has 264 valence electrons. The van der Waals surface area contributed by atoms with Crippen molar-refractivity contribution >= 4 is 82.1 Å². The first-order valence-corrected chi connectivity index (χ1v) is 16.3. The van der Waals surface area contributed by atoms with Gasteiger partial charge in [-0.3, -0.25) is 4.99 Å². The summed E-state index contributed by atoms with van der Waals surface area (Å²) in [4.78, 5) is 31.0. The van der Waals surface area contributed by atoms with Gasteiger partial charge in [-0.25, -0.2) is 14.7 Å². The van der Waals surface area contributed by atoms with Crippen molar-refractivity contribution in [3.63, 3.8) is 0 Å². The van der Waals surface area contributed by atoms with Crippen LogP contribution in [0.2, 0.25) is 20.1 Å². The number of hydrogen-bond acceptors (Lipinski definition) is 7. The number of aromatic hydroxyl groups is 1. The minimum Gasteiger partial charge on any atom is -0.493 e. The second kappa shape index (κ2) is 17.5. The number of para-hydroxylation sites is 4. The average molecular weight is 815 g/mol. The topological polar surface area (TPSA) is 155 Å². The molecule has 52 heavy (non-hydrogen) atoms. The Morgan fingerprint density at radius 3 is 1.67 bits per heavy atom. The first-order valence-electron chi connectivity index (χ1n) is 14.8. The molecule has 0 spiro atoms. The van der Waals surface area contributed by atoms with Gasteiger partial charge in [0.2, 0.25) is 5.88 Å². The molecule has 0 aliphatic carbocycles. The third-order valence-corrected chi connectivity index (χ3v) is 8.44. The van der Waals surface area contributed by atoms with E-state index in [9.17, 15) is 24.9 Å². The van der Waals surface area contributed by atoms with Crippen molar-refractivity contribution in [1.29, 1.82) is 0 Å². The maximum atomic E-state index is 11.3. The molecule has 0 aliphatic rings. The zero-order valence-electron chi connectivity index (χ0n) is 27.0. The Hall–Kier alpha value is -4.93. The number of carbonyl (C=O) groups is 2. The molecule has 0 saturated carbocycles. The normalized spacial score (nSPS) is 11.0. The van der Waals surface area contributed by atoms with Gasteiger partial charge in [-0.15, -0.1) is 0 Å². The number of nitrogens with zero attached hydrogens (tertiary/aromatic N) is 6. The molecule has 0 aliphatic heterocycles. The van der Waals surface area contributed by atoms with Gasteiger partial charge < -0.3 is 25.0 Å². The minimum atomic E-state index is -1.15. The van der Waals surface area contributed by atoms with Crippen LogP contribution in [-0.2, 0) is 17.4 Å². The standard InChI is InChI=1S/C18H13Cl2N3O3.C18H12Cl2N3O2.Cr/c1-10-12(9-21-16-11(18(25)26)5-4-7-14(16)20)17(24)23(22-10)15-8-3-2-6-13(15)19;1-11-12(10-23(22-11)16-8-3-2-6-14(16)19)9-21-17-13(18(24)25)5-4-7-15(17)20;/h2-9,24H,1H3,(H,25,26);2-9H,1H3,(H,24,25);/q;-1;. The van der Waals surface area contributed by atoms with Crippen LogP contribution in [0.3, 0.4) is 0 Å². The van der Waals surface area contributed by atoms with Gasteiger partial charge in [-0.05, 0) is 61.4 Å². The van der Waals surface area contributed by atoms with Gasteiger partial charge in [-0.1, -0.05) is 107 Å². The molecule has 0 fully saturated rings. The SMILES string of the molecule is Cc1nn(-c2ccccc2Cl)[c-]c1C=Nc1c(Cl)cccc1C(=O)O.Cc1nn(-c2ccccc2Cl)c(O)c1C=Nc1c(Cl)cccc1C(=O)O.[Cr]. The summed E-state index contributed by atoms with van der Waals surface area (Å²) in [5.74, 6) is -2.40. The fourth-order valence-electron chi connectivity index (χ4n) is 4.65. The number of benzene rings is 4. The Morgan fingerprint density at radius 1 is 0.673 bits per heavy atom. The van der Waals surface area contributed by atoms with Crippen molar-refractivity contribution in [2.45, 2.75) is 13.8 Å². The van der Waals surface area contributed by atoms with Gasteiger partial charge in [0.15, 0.2) is 0 Å². The maximum Gasteiger partial charge on any atom is 0.337 e. The first kappa shape index (κ1) is 39.9. The molecule has 0 atom stereocenters. The van der Waals surface area contributed by atoms with Crippen LogP contribution >= 0.6 is 46.4 Å². The van der Waals surface area contributed by atoms with Gasteiger partial charge in [0.25, 0.3) is 0 Å². The molecular formula is C36H25Cl4CrN6O5-. The van der Waals surface area contributed by atoms with E-state index in [2.05, 4.69) is 26.4 Å². The fraction of sp³-hybridized carbons (Fsp3) is 0.0556. The fourth-order valence-corrected chi connectivity index (χ4v) is 5.53. The van der Waals surface area contributed by atoms with Gasteiger partial charge in [0.1, 0.15) is 0 Å². The summed E-state index contributed by atoms with van der Waals surface area (Å²) in [6.45, 7) is 3.50. The summed E-state index contributed by atoms with van der Waals surface area (Å²) in [6.07, 6.45) is 5.88. The van der Waals surface area contributed by atoms with Crippen molar-refractivity contribution in [3.05, 3.63) is 145 Å². The van der Waals surface area contributed by atoms with Crippen molar-refractivity contribution in [2.75, 3.05) is 0 Å². The van der Waals surface area contributed by atoms with E-state index in [0.29, 0.717) is 43.9 Å². The van der Waals surface area contributed by atoms with E-state index in [1.807, 2.05) is 18.2 Å². The Bertz CT molecular complexity index is 2340. The van der Waals surface area contributed by atoms with Gasteiger partial charge in [-0.2, -0.15) is 9.78 Å². The third-order valence-electron chi connectivity index (χ3n) is 7.19. The second-order valence-corrected chi connectivity index (χ2v) is 12.2. The van der Waals surface area contributed by atoms with Crippen LogP contribution in [0.5, 0.6) is 5.88 Å². The van der Waals surface area contributed by atoms with Crippen LogP contribution in [0, 0.1) is 20.0 Å². The molecule has 0 amide bonds. The van der Waals surface area contributed by atoms with Crippen molar-refractivity contribution < 1.29 is 42.3 Å². The smallest absolute Gasteiger partial charge is 0.337 e. The molecule has 6 rings (SSSR count). The van der Waals surface area contributed by atoms with E-state index < -0.39 is 11.9 Å². The summed E-state index contributed by atoms with van der Waals surface area (Å²) in [7, 11) is 0. The van der Waals surface area contributed by atoms with Crippen molar-refractivity contribution in [1.82, 2.24) is 19.6 Å². The molecule has 2 heterocycles. The minimum absolute atomic E-state index is 0. The Balaban J connectivity index is 0.000000228. The van der Waals surface area contributed by atoms with Crippen LogP contribution in [0.15, 0.2) is 94.9 Å². The Labute approximate surface area is 328 Å². The quantitative estimate of drug-likeness (QED) is 0.102. The number of aromatic nitrogens is 4. The zero-order valence-corrected chi connectivity index (χ0v) is 31.3. The van der Waals surface area contributed by atoms with Crippen molar-refractivity contribution in [2.24, 2.45) is 9.98 Å². The summed E-state index contributed by atoms with van der Waals surface area (Å²) >= 11 is 24.5. The number of aromatic carboxylic acids is 2. The Kier molecular flexibility index (Phi) is 13.4. The average Bonchev–Trinajstić information content (AvgIpc) is 3.60. The van der Waals surface area contributed by atoms with Crippen LogP contribution in [0.25, 0.3) is 11.4 Å². The van der Waals surface area contributed by atoms with Gasteiger partial charge in [0.05, 0.1) is 54.5 Å². The summed E-state index contributed by atoms with van der Waals surface area (Å²) in [5, 5.41) is 39.1. The number of carboxylic acids is 2. The number of aliphatic imine (C=N–C) groups is 2. The Morgan fingerprint density at radius 2 is 1.15 bits per heavy atom. The van der Waals surface area contributed by atoms with Crippen LogP contribution in [0.1, 0.15) is 43.2 Å². The molecule has 0 unspecified atom stereocenters. The number of hydrogen-bond donors (Lipinski definition) is 3. The van der Waals surface area contributed by atoms with Crippen LogP contribution < -0.4 is 0 Å². The summed E-state index contributed by atoms with van der Waals surface area (Å²) < 4.78 is 2.83. The molecule has 6 aromatic rings. The molecule has 0 radical (unpaired) electrons. The largest absolute Gasteiger partial charge is 0.493 e. The monoisotopic (exact) mass is 813 g/mol. The van der Waals surface area contributed by atoms with E-state index in [4.69, 9.17) is 46.4 Å². The van der Waals surface area contributed by atoms with Crippen LogP contribution in [0.4, 0.5) is 11.4 Å². The van der Waals surface area contributed by atoms with Gasteiger partial charge in [0, 0.05) is 34.3 Å². The molecule has 0 bridgehead atoms. The van der Waals surface area contributed by atoms with E-state index >= 15 is 0 Å². The van der Waals surface area contributed by atoms with E-state index in [0.717, 1.165) is 0 Å². The number of halogens is 4. The molecule has 3 N–H and O–H groups in total. The molecule has 0 saturated heterocycles. The molecule has 11 nitrogen and oxygen atoms in total. The predicted molar refractivity (Wildman–Crippen MR) is 198 cm³/mol. The first-order chi connectivity index (χ1) is 24.4. The molecule has 4 aromatic carbocycles. The summed E-state index contributed by atoms with van der Waals surface area (Å²) in [6, 6.07) is 23.3. The summed E-state index contributed by atoms with van der Waals surface area (Å²) in [5.41, 5.74) is 3.60. The maximum absolute atomic E-state index is 11.3. The second-order valence-electron chi connectivity index (χ2n) is 10.6. The molecule has 2 aromatic heterocycles. The van der Waals surface area contributed by atoms with E-state index in [1.54, 1.807) is 62.4 Å². The number of aryl methyl sites for hydroxylation is 2. The number of carboxylic acid groups (broad SMARTS) is 2. The van der Waals surface area contributed by atoms with Crippen LogP contribution in [-0.4, -0.2) is 59.2 Å². The molecular weight excluding hydrogens is 790 g/mol. The zero-order chi connectivity index (χ0) is 36.8. The predicted octanol–water partition coefficient (Wildman–Crippen LogP) is 9.38.